The van der Waals surface area contributed by atoms with Gasteiger partial charge in [-0.05, 0) is 13.8 Å². The number of aromatic amines is 1. The molecule has 0 fully saturated rings. The summed E-state index contributed by atoms with van der Waals surface area (Å²) in [6, 6.07) is 0.113. The number of rotatable bonds is 3. The number of carbonyl (C=O) groups excluding carboxylic acids is 1. The molecule has 0 radical (unpaired) electrons. The number of fused-ring (bicyclic) bond motifs is 1. The number of anilines is 1. The average molecular weight is 315 g/mol. The third kappa shape index (κ3) is 3.54. The number of hydrogen-bond donors (Lipinski definition) is 3. The summed E-state index contributed by atoms with van der Waals surface area (Å²) < 4.78 is 1.86. The van der Waals surface area contributed by atoms with Crippen molar-refractivity contribution in [2.75, 3.05) is 12.3 Å². The zero-order valence-electron chi connectivity index (χ0n) is 13.7. The molecule has 4 N–H and O–H groups in total. The number of carbonyl (C=O) groups is 1. The maximum Gasteiger partial charge on any atom is 0.263 e. The van der Waals surface area contributed by atoms with Crippen molar-refractivity contribution in [3.63, 3.8) is 0 Å². The topological polar surface area (TPSA) is 106 Å². The summed E-state index contributed by atoms with van der Waals surface area (Å²) in [5.41, 5.74) is 6.39. The molecule has 0 aliphatic carbocycles. The fourth-order valence-electron chi connectivity index (χ4n) is 2.14. The Hall–Kier alpha value is -2.75. The molecule has 2 aromatic rings. The first-order chi connectivity index (χ1) is 10.8. The number of nitrogens with two attached hydrogens (primary N) is 1. The lowest BCUT2D eigenvalue weighted by atomic mass is 10.2. The molecule has 7 nitrogen and oxygen atoms in total. The van der Waals surface area contributed by atoms with Crippen LogP contribution in [0.5, 0.6) is 0 Å². The molecule has 0 atom stereocenters. The van der Waals surface area contributed by atoms with Crippen molar-refractivity contribution in [1.82, 2.24) is 19.9 Å². The quantitative estimate of drug-likeness (QED) is 0.735. The highest BCUT2D eigenvalue weighted by Crippen LogP contribution is 2.19. The molecule has 1 amide bonds. The van der Waals surface area contributed by atoms with Crippen LogP contribution in [0.25, 0.3) is 11.0 Å². The van der Waals surface area contributed by atoms with Crippen molar-refractivity contribution in [2.24, 2.45) is 5.92 Å². The van der Waals surface area contributed by atoms with Crippen molar-refractivity contribution in [1.29, 1.82) is 0 Å². The highest BCUT2D eigenvalue weighted by molar-refractivity contribution is 5.84. The Balaban J connectivity index is 2.39. The van der Waals surface area contributed by atoms with Crippen LogP contribution in [0.4, 0.5) is 5.95 Å². The smallest absolute Gasteiger partial charge is 0.263 e. The Morgan fingerprint density at radius 1 is 1.43 bits per heavy atom. The third-order valence-corrected chi connectivity index (χ3v) is 3.36. The van der Waals surface area contributed by atoms with Crippen LogP contribution in [0.3, 0.4) is 0 Å². The number of hydrogen-bond acceptors (Lipinski definition) is 4. The van der Waals surface area contributed by atoms with E-state index in [-0.39, 0.29) is 35.9 Å². The van der Waals surface area contributed by atoms with Crippen LogP contribution in [0.2, 0.25) is 0 Å². The van der Waals surface area contributed by atoms with Gasteiger partial charge in [0.25, 0.3) is 5.56 Å². The third-order valence-electron chi connectivity index (χ3n) is 3.36. The molecular weight excluding hydrogens is 294 g/mol. The monoisotopic (exact) mass is 315 g/mol. The Bertz CT molecular complexity index is 849. The number of aromatic nitrogens is 3. The zero-order valence-corrected chi connectivity index (χ0v) is 13.7. The van der Waals surface area contributed by atoms with Crippen LogP contribution in [-0.4, -0.2) is 27.0 Å². The molecular formula is C16H21N5O2. The van der Waals surface area contributed by atoms with Gasteiger partial charge in [-0.25, -0.2) is 0 Å². The minimum absolute atomic E-state index is 0.0591. The molecule has 0 aliphatic heterocycles. The van der Waals surface area contributed by atoms with E-state index in [1.807, 2.05) is 32.3 Å². The normalized spacial score (nSPS) is 10.9. The summed E-state index contributed by atoms with van der Waals surface area (Å²) in [5, 5.41) is 3.13. The van der Waals surface area contributed by atoms with E-state index in [1.54, 1.807) is 6.20 Å². The minimum atomic E-state index is -0.317. The largest absolute Gasteiger partial charge is 0.369 e. The second-order valence-electron chi connectivity index (χ2n) is 5.87. The van der Waals surface area contributed by atoms with Crippen LogP contribution in [0, 0.1) is 17.8 Å². The lowest BCUT2D eigenvalue weighted by Gasteiger charge is -2.07. The Labute approximate surface area is 134 Å². The molecule has 0 saturated carbocycles. The number of nitrogens with one attached hydrogen (secondary N) is 2. The predicted molar refractivity (Wildman–Crippen MR) is 89.9 cm³/mol. The first-order valence-corrected chi connectivity index (χ1v) is 7.48. The van der Waals surface area contributed by atoms with Gasteiger partial charge in [0.1, 0.15) is 0 Å². The van der Waals surface area contributed by atoms with Crippen molar-refractivity contribution >= 4 is 22.9 Å². The molecule has 2 aromatic heterocycles. The predicted octanol–water partition coefficient (Wildman–Crippen LogP) is 1.01. The number of nitrogen functional groups attached to an aromatic ring is 1. The lowest BCUT2D eigenvalue weighted by Crippen LogP contribution is -2.27. The van der Waals surface area contributed by atoms with Gasteiger partial charge in [0.15, 0.2) is 5.65 Å². The van der Waals surface area contributed by atoms with Crippen molar-refractivity contribution < 1.29 is 4.79 Å². The summed E-state index contributed by atoms with van der Waals surface area (Å²) in [6.45, 7) is 7.83. The van der Waals surface area contributed by atoms with Gasteiger partial charge in [0.2, 0.25) is 11.9 Å². The first kappa shape index (κ1) is 16.6. The number of amides is 1. The zero-order chi connectivity index (χ0) is 17.1. The van der Waals surface area contributed by atoms with Gasteiger partial charge in [0.05, 0.1) is 17.5 Å². The van der Waals surface area contributed by atoms with Crippen molar-refractivity contribution in [2.45, 2.75) is 33.7 Å². The second kappa shape index (κ2) is 6.57. The van der Waals surface area contributed by atoms with Crippen LogP contribution in [-0.2, 0) is 4.79 Å². The van der Waals surface area contributed by atoms with Gasteiger partial charge in [-0.2, -0.15) is 4.98 Å². The standard InChI is InChI=1S/C16H21N5O2/c1-9(2)14(22)18-7-5-6-11-8-21(10(3)4)13-12(11)15(23)20-16(17)19-13/h8-10H,7H2,1-4H3,(H,18,22)(H3,17,19,20,23). The van der Waals surface area contributed by atoms with Gasteiger partial charge in [-0.1, -0.05) is 25.7 Å². The maximum absolute atomic E-state index is 12.2. The lowest BCUT2D eigenvalue weighted by molar-refractivity contribution is -0.123. The van der Waals surface area contributed by atoms with Crippen molar-refractivity contribution in [3.05, 3.63) is 22.1 Å². The fourth-order valence-corrected chi connectivity index (χ4v) is 2.14. The van der Waals surface area contributed by atoms with Crippen molar-refractivity contribution in [3.8, 4) is 11.8 Å². The molecule has 2 heterocycles. The van der Waals surface area contributed by atoms with Gasteiger partial charge in [-0.15, -0.1) is 0 Å². The number of H-pyrrole nitrogens is 1. The molecule has 0 unspecified atom stereocenters. The highest BCUT2D eigenvalue weighted by atomic mass is 16.1. The van der Waals surface area contributed by atoms with Gasteiger partial charge >= 0.3 is 0 Å². The van der Waals surface area contributed by atoms with Gasteiger partial charge in [-0.3, -0.25) is 14.6 Å². The summed E-state index contributed by atoms with van der Waals surface area (Å²) in [6.07, 6.45) is 1.79. The van der Waals surface area contributed by atoms with Crippen LogP contribution >= 0.6 is 0 Å². The van der Waals surface area contributed by atoms with E-state index in [0.29, 0.717) is 16.6 Å². The molecule has 23 heavy (non-hydrogen) atoms. The molecule has 122 valence electrons. The average Bonchev–Trinajstić information content (AvgIpc) is 2.82. The molecule has 0 spiro atoms. The maximum atomic E-state index is 12.2. The summed E-state index contributed by atoms with van der Waals surface area (Å²) >= 11 is 0. The van der Waals surface area contributed by atoms with E-state index in [9.17, 15) is 9.59 Å². The van der Waals surface area contributed by atoms with E-state index in [2.05, 4.69) is 27.1 Å². The molecule has 2 rings (SSSR count). The Morgan fingerprint density at radius 3 is 2.74 bits per heavy atom. The molecule has 0 saturated heterocycles. The van der Waals surface area contributed by atoms with E-state index in [1.165, 1.54) is 0 Å². The summed E-state index contributed by atoms with van der Waals surface area (Å²) in [4.78, 5) is 30.3. The Kier molecular flexibility index (Phi) is 4.74. The van der Waals surface area contributed by atoms with Crippen LogP contribution in [0.15, 0.2) is 11.0 Å². The van der Waals surface area contributed by atoms with E-state index < -0.39 is 0 Å². The minimum Gasteiger partial charge on any atom is -0.369 e. The molecule has 7 heteroatoms. The summed E-state index contributed by atoms with van der Waals surface area (Å²) in [5.74, 6) is 5.73. The molecule has 0 bridgehead atoms. The molecule has 0 aliphatic rings. The second-order valence-corrected chi connectivity index (χ2v) is 5.87. The molecule has 0 aromatic carbocycles. The first-order valence-electron chi connectivity index (χ1n) is 7.48. The SMILES string of the molecule is CC(C)C(=O)NCC#Cc1cn(C(C)C)c2nc(N)[nH]c(=O)c12. The van der Waals surface area contributed by atoms with E-state index in [0.717, 1.165) is 0 Å². The fraction of sp³-hybridized carbons (Fsp3) is 0.438. The van der Waals surface area contributed by atoms with Gasteiger partial charge in [0, 0.05) is 18.2 Å². The van der Waals surface area contributed by atoms with E-state index >= 15 is 0 Å². The van der Waals surface area contributed by atoms with Gasteiger partial charge < -0.3 is 15.6 Å². The van der Waals surface area contributed by atoms with Crippen LogP contribution < -0.4 is 16.6 Å². The van der Waals surface area contributed by atoms with E-state index in [4.69, 9.17) is 5.73 Å². The highest BCUT2D eigenvalue weighted by Gasteiger charge is 2.14. The number of nitrogens with zero attached hydrogens (tertiary/aromatic N) is 2. The summed E-state index contributed by atoms with van der Waals surface area (Å²) in [7, 11) is 0. The van der Waals surface area contributed by atoms with Crippen LogP contribution in [0.1, 0.15) is 39.3 Å². The Morgan fingerprint density at radius 2 is 2.13 bits per heavy atom.